The molecule has 1 fully saturated rings. The van der Waals surface area contributed by atoms with Crippen LogP contribution in [0, 0.1) is 10.1 Å². The Bertz CT molecular complexity index is 913. The molecule has 0 unspecified atom stereocenters. The molecular formula is C19H23N3O8. The molecule has 2 aliphatic heterocycles. The van der Waals surface area contributed by atoms with Crippen molar-refractivity contribution in [3.05, 3.63) is 40.0 Å². The van der Waals surface area contributed by atoms with Gasteiger partial charge >= 0.3 is 17.9 Å². The Morgan fingerprint density at radius 2 is 1.80 bits per heavy atom. The number of likely N-dealkylation sites (tertiary alicyclic amines) is 1. The molecule has 1 aromatic rings. The number of carbonyl (C=O) groups is 3. The predicted molar refractivity (Wildman–Crippen MR) is 106 cm³/mol. The summed E-state index contributed by atoms with van der Waals surface area (Å²) in [5.41, 5.74) is 1.29. The topological polar surface area (TPSA) is 151 Å². The quantitative estimate of drug-likeness (QED) is 0.241. The number of hydrogen-bond acceptors (Lipinski definition) is 8. The predicted octanol–water partition coefficient (Wildman–Crippen LogP) is 1.60. The van der Waals surface area contributed by atoms with Gasteiger partial charge in [0.05, 0.1) is 17.2 Å². The highest BCUT2D eigenvalue weighted by Gasteiger charge is 2.54. The smallest absolute Gasteiger partial charge is 0.328 e. The minimum atomic E-state index is -1.26. The summed E-state index contributed by atoms with van der Waals surface area (Å²) in [7, 11) is 3.91. The first-order chi connectivity index (χ1) is 13.9. The van der Waals surface area contributed by atoms with Crippen LogP contribution in [0.5, 0.6) is 5.75 Å². The first-order valence-corrected chi connectivity index (χ1v) is 8.96. The maximum Gasteiger partial charge on any atom is 0.328 e. The van der Waals surface area contributed by atoms with Crippen LogP contribution in [0.15, 0.2) is 24.3 Å². The van der Waals surface area contributed by atoms with Crippen LogP contribution in [0.4, 0.5) is 11.4 Å². The monoisotopic (exact) mass is 421 g/mol. The zero-order valence-electron chi connectivity index (χ0n) is 17.0. The highest BCUT2D eigenvalue weighted by Crippen LogP contribution is 2.55. The summed E-state index contributed by atoms with van der Waals surface area (Å²) in [6.07, 6.45) is 2.10. The lowest BCUT2D eigenvalue weighted by Crippen LogP contribution is -2.45. The molecule has 2 N–H and O–H groups in total. The average Bonchev–Trinajstić information content (AvgIpc) is 3.05. The third-order valence-corrected chi connectivity index (χ3v) is 5.20. The third kappa shape index (κ3) is 4.40. The minimum Gasteiger partial charge on any atom is -0.478 e. The fourth-order valence-corrected chi connectivity index (χ4v) is 4.17. The van der Waals surface area contributed by atoms with Gasteiger partial charge in [-0.2, -0.15) is 0 Å². The molecule has 1 aromatic carbocycles. The SMILES string of the molecule is CC(=O)Oc1cc([N+](=O)[O-])c2c(c1)[C@]1(C)CCN(C)[C@@H]1N2C.O=C(O)/C=C/C(=O)O. The van der Waals surface area contributed by atoms with Gasteiger partial charge in [0.1, 0.15) is 11.4 Å². The second kappa shape index (κ2) is 8.49. The Kier molecular flexibility index (Phi) is 6.46. The van der Waals surface area contributed by atoms with Crippen molar-refractivity contribution >= 4 is 29.3 Å². The number of anilines is 1. The number of nitro groups is 1. The van der Waals surface area contributed by atoms with Crippen LogP contribution in [0.3, 0.4) is 0 Å². The number of benzene rings is 1. The van der Waals surface area contributed by atoms with Crippen LogP contribution < -0.4 is 9.64 Å². The lowest BCUT2D eigenvalue weighted by molar-refractivity contribution is -0.384. The molecule has 0 bridgehead atoms. The molecule has 0 amide bonds. The highest BCUT2D eigenvalue weighted by atomic mass is 16.6. The summed E-state index contributed by atoms with van der Waals surface area (Å²) in [5, 5.41) is 27.1. The third-order valence-electron chi connectivity index (χ3n) is 5.20. The average molecular weight is 421 g/mol. The van der Waals surface area contributed by atoms with Gasteiger partial charge in [-0.1, -0.05) is 6.92 Å². The molecule has 0 aliphatic carbocycles. The van der Waals surface area contributed by atoms with E-state index >= 15 is 0 Å². The zero-order valence-corrected chi connectivity index (χ0v) is 17.0. The van der Waals surface area contributed by atoms with E-state index in [4.69, 9.17) is 14.9 Å². The number of fused-ring (bicyclic) bond motifs is 3. The van der Waals surface area contributed by atoms with Crippen LogP contribution in [0.25, 0.3) is 0 Å². The van der Waals surface area contributed by atoms with Gasteiger partial charge in [0.15, 0.2) is 0 Å². The van der Waals surface area contributed by atoms with Gasteiger partial charge in [-0.3, -0.25) is 19.8 Å². The van der Waals surface area contributed by atoms with Gasteiger partial charge in [0, 0.05) is 38.1 Å². The van der Waals surface area contributed by atoms with E-state index in [0.29, 0.717) is 17.8 Å². The second-order valence-electron chi connectivity index (χ2n) is 7.33. The number of nitro benzene ring substituents is 1. The van der Waals surface area contributed by atoms with Crippen molar-refractivity contribution in [2.24, 2.45) is 0 Å². The Morgan fingerprint density at radius 1 is 1.23 bits per heavy atom. The normalized spacial score (nSPS) is 22.1. The zero-order chi connectivity index (χ0) is 22.8. The molecule has 0 spiro atoms. The van der Waals surface area contributed by atoms with Crippen LogP contribution in [0.2, 0.25) is 0 Å². The van der Waals surface area contributed by atoms with Crippen molar-refractivity contribution < 1.29 is 34.3 Å². The lowest BCUT2D eigenvalue weighted by atomic mass is 9.81. The lowest BCUT2D eigenvalue weighted by Gasteiger charge is -2.32. The number of carboxylic acid groups (broad SMARTS) is 2. The standard InChI is InChI=1S/C15H19N3O4.C4H4O4/c1-9(19)22-10-7-11-13(12(8-10)18(20)21)17(4)14-15(11,2)5-6-16(14)3;5-3(6)1-2-4(7)8/h7-8,14H,5-6H2,1-4H3;1-2H,(H,5,6)(H,7,8)/b;2-1+/t14-,15+;/m1./s1. The number of ether oxygens (including phenoxy) is 1. The molecule has 1 saturated heterocycles. The molecule has 2 heterocycles. The number of aliphatic carboxylic acids is 2. The maximum atomic E-state index is 11.5. The molecule has 2 aliphatic rings. The maximum absolute atomic E-state index is 11.5. The van der Waals surface area contributed by atoms with E-state index in [9.17, 15) is 24.5 Å². The Hall–Kier alpha value is -3.47. The molecule has 3 rings (SSSR count). The number of likely N-dealkylation sites (N-methyl/N-ethyl adjacent to an activating group) is 2. The van der Waals surface area contributed by atoms with E-state index in [1.807, 2.05) is 19.0 Å². The fourth-order valence-electron chi connectivity index (χ4n) is 4.17. The first kappa shape index (κ1) is 22.8. The molecule has 162 valence electrons. The van der Waals surface area contributed by atoms with Crippen molar-refractivity contribution in [1.82, 2.24) is 4.90 Å². The molecule has 11 nitrogen and oxygen atoms in total. The van der Waals surface area contributed by atoms with Crippen LogP contribution in [-0.4, -0.2) is 64.8 Å². The summed E-state index contributed by atoms with van der Waals surface area (Å²) in [6.45, 7) is 4.33. The number of hydrogen-bond donors (Lipinski definition) is 2. The largest absolute Gasteiger partial charge is 0.478 e. The van der Waals surface area contributed by atoms with Crippen molar-refractivity contribution in [1.29, 1.82) is 0 Å². The van der Waals surface area contributed by atoms with Crippen molar-refractivity contribution in [2.45, 2.75) is 31.8 Å². The minimum absolute atomic E-state index is 0.0136. The van der Waals surface area contributed by atoms with E-state index in [1.165, 1.54) is 13.0 Å². The van der Waals surface area contributed by atoms with E-state index in [-0.39, 0.29) is 23.0 Å². The molecule has 0 saturated carbocycles. The van der Waals surface area contributed by atoms with Gasteiger partial charge in [0.25, 0.3) is 5.69 Å². The molecule has 11 heteroatoms. The highest BCUT2D eigenvalue weighted by molar-refractivity contribution is 5.89. The first-order valence-electron chi connectivity index (χ1n) is 8.96. The van der Waals surface area contributed by atoms with Gasteiger partial charge < -0.3 is 19.8 Å². The van der Waals surface area contributed by atoms with Crippen LogP contribution in [-0.2, 0) is 19.8 Å². The van der Waals surface area contributed by atoms with E-state index in [0.717, 1.165) is 18.5 Å². The summed E-state index contributed by atoms with van der Waals surface area (Å²) < 4.78 is 5.11. The van der Waals surface area contributed by atoms with Crippen molar-refractivity contribution in [3.8, 4) is 5.75 Å². The number of nitrogens with zero attached hydrogens (tertiary/aromatic N) is 3. The van der Waals surface area contributed by atoms with Crippen molar-refractivity contribution in [3.63, 3.8) is 0 Å². The summed E-state index contributed by atoms with van der Waals surface area (Å²) >= 11 is 0. The van der Waals surface area contributed by atoms with Crippen LogP contribution >= 0.6 is 0 Å². The molecule has 30 heavy (non-hydrogen) atoms. The summed E-state index contributed by atoms with van der Waals surface area (Å²) in [4.78, 5) is 45.6. The Balaban J connectivity index is 0.000000343. The summed E-state index contributed by atoms with van der Waals surface area (Å²) in [5.74, 6) is -2.76. The number of carbonyl (C=O) groups excluding carboxylic acids is 1. The molecule has 0 aromatic heterocycles. The fraction of sp³-hybridized carbons (Fsp3) is 0.421. The van der Waals surface area contributed by atoms with Gasteiger partial charge in [-0.05, 0) is 25.1 Å². The van der Waals surface area contributed by atoms with E-state index in [1.54, 1.807) is 6.07 Å². The summed E-state index contributed by atoms with van der Waals surface area (Å²) in [6, 6.07) is 3.11. The van der Waals surface area contributed by atoms with E-state index < -0.39 is 22.8 Å². The number of esters is 1. The van der Waals surface area contributed by atoms with Gasteiger partial charge in [-0.15, -0.1) is 0 Å². The van der Waals surface area contributed by atoms with Crippen LogP contribution in [0.1, 0.15) is 25.8 Å². The molecule has 2 atom stereocenters. The molecular weight excluding hydrogens is 398 g/mol. The van der Waals surface area contributed by atoms with Gasteiger partial charge in [0.2, 0.25) is 0 Å². The Labute approximate surface area is 172 Å². The van der Waals surface area contributed by atoms with E-state index in [2.05, 4.69) is 11.8 Å². The Morgan fingerprint density at radius 3 is 2.27 bits per heavy atom. The second-order valence-corrected chi connectivity index (χ2v) is 7.33. The molecule has 0 radical (unpaired) electrons. The van der Waals surface area contributed by atoms with Gasteiger partial charge in [-0.25, -0.2) is 9.59 Å². The number of carboxylic acids is 2. The van der Waals surface area contributed by atoms with Crippen molar-refractivity contribution in [2.75, 3.05) is 25.5 Å². The number of rotatable bonds is 4.